The Hall–Kier alpha value is -1.63. The number of carbonyl (C=O) groups is 2. The lowest BCUT2D eigenvalue weighted by Crippen LogP contribution is -2.38. The van der Waals surface area contributed by atoms with Gasteiger partial charge in [-0.15, -0.1) is 11.3 Å². The molecule has 1 aromatic rings. The van der Waals surface area contributed by atoms with Gasteiger partial charge in [0, 0.05) is 18.0 Å². The lowest BCUT2D eigenvalue weighted by Gasteiger charge is -2.16. The summed E-state index contributed by atoms with van der Waals surface area (Å²) in [5.41, 5.74) is 2.67. The molecule has 2 N–H and O–H groups in total. The van der Waals surface area contributed by atoms with Crippen LogP contribution in [0.3, 0.4) is 0 Å². The minimum atomic E-state index is -0.832. The summed E-state index contributed by atoms with van der Waals surface area (Å²) in [5.74, 6) is -1.30. The van der Waals surface area contributed by atoms with Crippen molar-refractivity contribution in [1.82, 2.24) is 15.2 Å². The molecule has 1 aliphatic heterocycles. The van der Waals surface area contributed by atoms with Gasteiger partial charge in [0.15, 0.2) is 0 Å². The van der Waals surface area contributed by atoms with Crippen LogP contribution in [-0.4, -0.2) is 40.1 Å². The molecule has 0 radical (unpaired) electrons. The van der Waals surface area contributed by atoms with Crippen molar-refractivity contribution < 1.29 is 14.7 Å². The van der Waals surface area contributed by atoms with Crippen LogP contribution in [0.2, 0.25) is 0 Å². The third kappa shape index (κ3) is 3.04. The van der Waals surface area contributed by atoms with Gasteiger partial charge in [-0.05, 0) is 12.8 Å². The average Bonchev–Trinajstić information content (AvgIpc) is 2.92. The highest BCUT2D eigenvalue weighted by Gasteiger charge is 2.36. The number of nitrogens with zero attached hydrogens (tertiary/aromatic N) is 2. The van der Waals surface area contributed by atoms with Gasteiger partial charge in [-0.25, -0.2) is 9.78 Å². The summed E-state index contributed by atoms with van der Waals surface area (Å²) in [6.07, 6.45) is 0. The number of hydrogen-bond donors (Lipinski definition) is 2. The number of carboxylic acid groups (broad SMARTS) is 1. The normalized spacial score (nSPS) is 22.5. The molecule has 0 spiro atoms. The quantitative estimate of drug-likeness (QED) is 0.876. The van der Waals surface area contributed by atoms with E-state index in [1.807, 2.05) is 13.8 Å². The number of amides is 2. The van der Waals surface area contributed by atoms with Gasteiger partial charge < -0.3 is 15.3 Å². The fourth-order valence-corrected chi connectivity index (χ4v) is 2.93. The molecule has 6 nitrogen and oxygen atoms in total. The van der Waals surface area contributed by atoms with Gasteiger partial charge in [-0.1, -0.05) is 6.92 Å². The third-order valence-electron chi connectivity index (χ3n) is 3.46. The molecule has 7 heteroatoms. The number of rotatable bonds is 3. The van der Waals surface area contributed by atoms with Crippen molar-refractivity contribution >= 4 is 23.3 Å². The van der Waals surface area contributed by atoms with E-state index in [0.29, 0.717) is 13.1 Å². The van der Waals surface area contributed by atoms with Crippen LogP contribution in [0.4, 0.5) is 4.79 Å². The lowest BCUT2D eigenvalue weighted by molar-refractivity contribution is -0.142. The Bertz CT molecular complexity index is 488. The molecule has 19 heavy (non-hydrogen) atoms. The molecule has 0 bridgehead atoms. The molecule has 1 fully saturated rings. The SMILES string of the molecule is Cc1ncsc1CNC(=O)N1C[C@@H](C)[C@H](C(=O)O)C1. The second kappa shape index (κ2) is 5.56. The third-order valence-corrected chi connectivity index (χ3v) is 4.40. The Balaban J connectivity index is 1.88. The molecule has 2 atom stereocenters. The number of carboxylic acids is 1. The van der Waals surface area contributed by atoms with Gasteiger partial charge in [0.1, 0.15) is 0 Å². The van der Waals surface area contributed by atoms with Crippen LogP contribution in [0.1, 0.15) is 17.5 Å². The molecular weight excluding hydrogens is 266 g/mol. The van der Waals surface area contributed by atoms with Crippen LogP contribution in [0.15, 0.2) is 5.51 Å². The molecule has 0 saturated carbocycles. The van der Waals surface area contributed by atoms with Crippen molar-refractivity contribution in [3.05, 3.63) is 16.1 Å². The van der Waals surface area contributed by atoms with E-state index >= 15 is 0 Å². The van der Waals surface area contributed by atoms with Crippen LogP contribution in [0, 0.1) is 18.8 Å². The zero-order valence-electron chi connectivity index (χ0n) is 10.9. The van der Waals surface area contributed by atoms with E-state index in [2.05, 4.69) is 10.3 Å². The molecule has 1 saturated heterocycles. The molecular formula is C12H17N3O3S. The van der Waals surface area contributed by atoms with Crippen LogP contribution >= 0.6 is 11.3 Å². The van der Waals surface area contributed by atoms with Crippen LogP contribution in [0.5, 0.6) is 0 Å². The highest BCUT2D eigenvalue weighted by atomic mass is 32.1. The molecule has 0 aliphatic carbocycles. The molecule has 0 unspecified atom stereocenters. The molecule has 2 heterocycles. The first kappa shape index (κ1) is 13.8. The van der Waals surface area contributed by atoms with Crippen molar-refractivity contribution in [3.8, 4) is 0 Å². The highest BCUT2D eigenvalue weighted by Crippen LogP contribution is 2.23. The molecule has 2 amide bonds. The Morgan fingerprint density at radius 1 is 1.58 bits per heavy atom. The monoisotopic (exact) mass is 283 g/mol. The van der Waals surface area contributed by atoms with Gasteiger partial charge in [0.05, 0.1) is 23.7 Å². The number of carbonyl (C=O) groups excluding carboxylic acids is 1. The van der Waals surface area contributed by atoms with E-state index in [4.69, 9.17) is 5.11 Å². The number of aryl methyl sites for hydroxylation is 1. The van der Waals surface area contributed by atoms with Gasteiger partial charge in [-0.3, -0.25) is 4.79 Å². The first-order chi connectivity index (χ1) is 8.99. The van der Waals surface area contributed by atoms with E-state index in [0.717, 1.165) is 10.6 Å². The first-order valence-electron chi connectivity index (χ1n) is 6.13. The van der Waals surface area contributed by atoms with Crippen molar-refractivity contribution in [2.45, 2.75) is 20.4 Å². The number of hydrogen-bond acceptors (Lipinski definition) is 4. The summed E-state index contributed by atoms with van der Waals surface area (Å²) in [6, 6.07) is -0.205. The minimum absolute atomic E-state index is 0.00612. The predicted molar refractivity (Wildman–Crippen MR) is 70.9 cm³/mol. The van der Waals surface area contributed by atoms with Gasteiger partial charge in [0.25, 0.3) is 0 Å². The Morgan fingerprint density at radius 2 is 2.32 bits per heavy atom. The number of aliphatic carboxylic acids is 1. The predicted octanol–water partition coefficient (Wildman–Crippen LogP) is 1.31. The standard InChI is InChI=1S/C12H17N3O3S/c1-7-4-15(5-9(7)11(16)17)12(18)13-3-10-8(2)14-6-19-10/h6-7,9H,3-5H2,1-2H3,(H,13,18)(H,16,17)/t7-,9-/m1/s1. The van der Waals surface area contributed by atoms with E-state index < -0.39 is 11.9 Å². The maximum atomic E-state index is 12.0. The topological polar surface area (TPSA) is 82.5 Å². The molecule has 0 aromatic carbocycles. The zero-order chi connectivity index (χ0) is 14.0. The van der Waals surface area contributed by atoms with E-state index in [-0.39, 0.29) is 18.5 Å². The van der Waals surface area contributed by atoms with Gasteiger partial charge in [-0.2, -0.15) is 0 Å². The molecule has 1 aliphatic rings. The van der Waals surface area contributed by atoms with Gasteiger partial charge >= 0.3 is 12.0 Å². The summed E-state index contributed by atoms with van der Waals surface area (Å²) in [6.45, 7) is 4.97. The maximum absolute atomic E-state index is 12.0. The number of thiazole rings is 1. The van der Waals surface area contributed by atoms with Crippen LogP contribution in [0.25, 0.3) is 0 Å². The summed E-state index contributed by atoms with van der Waals surface area (Å²) in [4.78, 5) is 29.7. The average molecular weight is 283 g/mol. The lowest BCUT2D eigenvalue weighted by atomic mass is 9.99. The first-order valence-corrected chi connectivity index (χ1v) is 7.01. The number of likely N-dealkylation sites (tertiary alicyclic amines) is 1. The highest BCUT2D eigenvalue weighted by molar-refractivity contribution is 7.09. The van der Waals surface area contributed by atoms with Crippen molar-refractivity contribution in [2.75, 3.05) is 13.1 Å². The smallest absolute Gasteiger partial charge is 0.317 e. The van der Waals surface area contributed by atoms with Crippen LogP contribution < -0.4 is 5.32 Å². The Kier molecular flexibility index (Phi) is 4.04. The maximum Gasteiger partial charge on any atom is 0.317 e. The van der Waals surface area contributed by atoms with E-state index in [1.54, 1.807) is 10.4 Å². The number of aromatic nitrogens is 1. The number of nitrogens with one attached hydrogen (secondary N) is 1. The van der Waals surface area contributed by atoms with Gasteiger partial charge in [0.2, 0.25) is 0 Å². The zero-order valence-corrected chi connectivity index (χ0v) is 11.7. The summed E-state index contributed by atoms with van der Waals surface area (Å²) in [5, 5.41) is 11.8. The van der Waals surface area contributed by atoms with Crippen LogP contribution in [-0.2, 0) is 11.3 Å². The second-order valence-electron chi connectivity index (χ2n) is 4.85. The second-order valence-corrected chi connectivity index (χ2v) is 5.79. The Labute approximate surface area is 115 Å². The Morgan fingerprint density at radius 3 is 2.84 bits per heavy atom. The van der Waals surface area contributed by atoms with E-state index in [1.165, 1.54) is 11.3 Å². The summed E-state index contributed by atoms with van der Waals surface area (Å²) >= 11 is 1.50. The fourth-order valence-electron chi connectivity index (χ4n) is 2.22. The van der Waals surface area contributed by atoms with E-state index in [9.17, 15) is 9.59 Å². The largest absolute Gasteiger partial charge is 0.481 e. The molecule has 1 aromatic heterocycles. The van der Waals surface area contributed by atoms with Crippen molar-refractivity contribution in [2.24, 2.45) is 11.8 Å². The minimum Gasteiger partial charge on any atom is -0.481 e. The molecule has 104 valence electrons. The molecule has 2 rings (SSSR count). The number of urea groups is 1. The van der Waals surface area contributed by atoms with Crippen molar-refractivity contribution in [1.29, 1.82) is 0 Å². The fraction of sp³-hybridized carbons (Fsp3) is 0.583. The summed E-state index contributed by atoms with van der Waals surface area (Å²) < 4.78 is 0. The van der Waals surface area contributed by atoms with Crippen molar-refractivity contribution in [3.63, 3.8) is 0 Å². The summed E-state index contributed by atoms with van der Waals surface area (Å²) in [7, 11) is 0.